The smallest absolute Gasteiger partial charge is 0.324 e. The van der Waals surface area contributed by atoms with Gasteiger partial charge in [0.1, 0.15) is 6.04 Å². The van der Waals surface area contributed by atoms with Crippen molar-refractivity contribution >= 4 is 5.97 Å². The molecular formula is C9H15N3O2. The zero-order valence-electron chi connectivity index (χ0n) is 8.60. The van der Waals surface area contributed by atoms with E-state index in [2.05, 4.69) is 9.84 Å². The first-order valence-corrected chi connectivity index (χ1v) is 4.40. The largest absolute Gasteiger partial charge is 0.468 e. The zero-order valence-corrected chi connectivity index (χ0v) is 8.60. The molecule has 1 aromatic rings. The molecule has 0 spiro atoms. The molecule has 0 saturated carbocycles. The summed E-state index contributed by atoms with van der Waals surface area (Å²) in [5.41, 5.74) is 6.71. The SMILES string of the molecule is COC(=O)C(N)C(C)n1cc(C)cn1. The van der Waals surface area contributed by atoms with Crippen molar-refractivity contribution in [1.82, 2.24) is 9.78 Å². The van der Waals surface area contributed by atoms with Gasteiger partial charge < -0.3 is 10.5 Å². The average molecular weight is 197 g/mol. The van der Waals surface area contributed by atoms with E-state index in [1.165, 1.54) is 7.11 Å². The van der Waals surface area contributed by atoms with Crippen LogP contribution in [0.1, 0.15) is 18.5 Å². The number of hydrogen-bond donors (Lipinski definition) is 1. The van der Waals surface area contributed by atoms with Gasteiger partial charge in [0.05, 0.1) is 19.3 Å². The molecule has 1 rings (SSSR count). The predicted octanol–water partition coefficient (Wildman–Crippen LogP) is 0.253. The molecule has 5 nitrogen and oxygen atoms in total. The Balaban J connectivity index is 2.74. The number of methoxy groups -OCH3 is 1. The summed E-state index contributed by atoms with van der Waals surface area (Å²) in [7, 11) is 1.32. The third-order valence-electron chi connectivity index (χ3n) is 2.14. The highest BCUT2D eigenvalue weighted by Gasteiger charge is 2.23. The molecule has 2 N–H and O–H groups in total. The number of rotatable bonds is 3. The zero-order chi connectivity index (χ0) is 10.7. The summed E-state index contributed by atoms with van der Waals surface area (Å²) in [6.07, 6.45) is 3.56. The number of nitrogens with two attached hydrogens (primary N) is 1. The molecule has 1 aromatic heterocycles. The fourth-order valence-electron chi connectivity index (χ4n) is 1.15. The van der Waals surface area contributed by atoms with Crippen LogP contribution in [0.2, 0.25) is 0 Å². The van der Waals surface area contributed by atoms with Crippen LogP contribution in [0, 0.1) is 6.92 Å². The number of nitrogens with zero attached hydrogens (tertiary/aromatic N) is 2. The average Bonchev–Trinajstić information content (AvgIpc) is 2.61. The Labute approximate surface area is 82.8 Å². The summed E-state index contributed by atoms with van der Waals surface area (Å²) >= 11 is 0. The van der Waals surface area contributed by atoms with Gasteiger partial charge in [-0.25, -0.2) is 0 Å². The Morgan fingerprint density at radius 1 is 1.71 bits per heavy atom. The van der Waals surface area contributed by atoms with E-state index < -0.39 is 12.0 Å². The number of ether oxygens (including phenoxy) is 1. The molecule has 0 bridgehead atoms. The van der Waals surface area contributed by atoms with Gasteiger partial charge in [0.2, 0.25) is 0 Å². The van der Waals surface area contributed by atoms with Crippen LogP contribution in [-0.2, 0) is 9.53 Å². The van der Waals surface area contributed by atoms with Gasteiger partial charge in [-0.2, -0.15) is 5.10 Å². The van der Waals surface area contributed by atoms with Crippen molar-refractivity contribution in [2.45, 2.75) is 25.9 Å². The Morgan fingerprint density at radius 3 is 2.79 bits per heavy atom. The minimum Gasteiger partial charge on any atom is -0.468 e. The van der Waals surface area contributed by atoms with Crippen molar-refractivity contribution in [2.75, 3.05) is 7.11 Å². The Kier molecular flexibility index (Phi) is 3.24. The van der Waals surface area contributed by atoms with Gasteiger partial charge >= 0.3 is 5.97 Å². The van der Waals surface area contributed by atoms with Gasteiger partial charge in [-0.3, -0.25) is 9.48 Å². The van der Waals surface area contributed by atoms with E-state index in [0.717, 1.165) is 5.56 Å². The van der Waals surface area contributed by atoms with Crippen LogP contribution < -0.4 is 5.73 Å². The van der Waals surface area contributed by atoms with Gasteiger partial charge in [0.15, 0.2) is 0 Å². The van der Waals surface area contributed by atoms with E-state index in [9.17, 15) is 4.79 Å². The van der Waals surface area contributed by atoms with Crippen LogP contribution in [0.5, 0.6) is 0 Å². The highest BCUT2D eigenvalue weighted by molar-refractivity contribution is 5.75. The highest BCUT2D eigenvalue weighted by Crippen LogP contribution is 2.10. The summed E-state index contributed by atoms with van der Waals surface area (Å²) in [4.78, 5) is 11.1. The lowest BCUT2D eigenvalue weighted by Crippen LogP contribution is -2.39. The van der Waals surface area contributed by atoms with Crippen molar-refractivity contribution in [3.8, 4) is 0 Å². The monoisotopic (exact) mass is 197 g/mol. The number of hydrogen-bond acceptors (Lipinski definition) is 4. The maximum atomic E-state index is 11.1. The van der Waals surface area contributed by atoms with Crippen molar-refractivity contribution < 1.29 is 9.53 Å². The van der Waals surface area contributed by atoms with Gasteiger partial charge in [0.25, 0.3) is 0 Å². The molecular weight excluding hydrogens is 182 g/mol. The van der Waals surface area contributed by atoms with E-state index in [4.69, 9.17) is 5.73 Å². The van der Waals surface area contributed by atoms with E-state index in [-0.39, 0.29) is 6.04 Å². The second-order valence-electron chi connectivity index (χ2n) is 3.29. The fraction of sp³-hybridized carbons (Fsp3) is 0.556. The Morgan fingerprint density at radius 2 is 2.36 bits per heavy atom. The molecule has 0 aliphatic heterocycles. The second kappa shape index (κ2) is 4.23. The number of carbonyl (C=O) groups excluding carboxylic acids is 1. The molecule has 0 fully saturated rings. The van der Waals surface area contributed by atoms with Crippen LogP contribution in [-0.4, -0.2) is 28.9 Å². The van der Waals surface area contributed by atoms with Crippen LogP contribution >= 0.6 is 0 Å². The summed E-state index contributed by atoms with van der Waals surface area (Å²) < 4.78 is 6.22. The third-order valence-corrected chi connectivity index (χ3v) is 2.14. The first-order valence-electron chi connectivity index (χ1n) is 4.40. The summed E-state index contributed by atoms with van der Waals surface area (Å²) in [5.74, 6) is -0.425. The van der Waals surface area contributed by atoms with Gasteiger partial charge in [-0.1, -0.05) is 0 Å². The molecule has 2 unspecified atom stereocenters. The van der Waals surface area contributed by atoms with Crippen molar-refractivity contribution in [1.29, 1.82) is 0 Å². The molecule has 0 amide bonds. The number of carbonyl (C=O) groups is 1. The van der Waals surface area contributed by atoms with Crippen LogP contribution in [0.15, 0.2) is 12.4 Å². The highest BCUT2D eigenvalue weighted by atomic mass is 16.5. The third kappa shape index (κ3) is 2.11. The topological polar surface area (TPSA) is 70.1 Å². The van der Waals surface area contributed by atoms with Crippen LogP contribution in [0.4, 0.5) is 0 Å². The maximum Gasteiger partial charge on any atom is 0.324 e. The van der Waals surface area contributed by atoms with E-state index in [0.29, 0.717) is 0 Å². The molecule has 5 heteroatoms. The van der Waals surface area contributed by atoms with E-state index in [1.807, 2.05) is 20.0 Å². The number of aromatic nitrogens is 2. The van der Waals surface area contributed by atoms with Gasteiger partial charge in [-0.05, 0) is 19.4 Å². The predicted molar refractivity (Wildman–Crippen MR) is 51.7 cm³/mol. The van der Waals surface area contributed by atoms with Gasteiger partial charge in [0, 0.05) is 6.20 Å². The molecule has 0 saturated heterocycles. The number of esters is 1. The van der Waals surface area contributed by atoms with Crippen molar-refractivity contribution in [3.63, 3.8) is 0 Å². The summed E-state index contributed by atoms with van der Waals surface area (Å²) in [6.45, 7) is 3.76. The second-order valence-corrected chi connectivity index (χ2v) is 3.29. The number of aryl methyl sites for hydroxylation is 1. The first-order chi connectivity index (χ1) is 6.56. The van der Waals surface area contributed by atoms with Crippen molar-refractivity contribution in [2.24, 2.45) is 5.73 Å². The summed E-state index contributed by atoms with van der Waals surface area (Å²) in [5, 5.41) is 4.08. The first kappa shape index (κ1) is 10.7. The molecule has 78 valence electrons. The van der Waals surface area contributed by atoms with Crippen LogP contribution in [0.25, 0.3) is 0 Å². The van der Waals surface area contributed by atoms with Gasteiger partial charge in [-0.15, -0.1) is 0 Å². The normalized spacial score (nSPS) is 14.9. The maximum absolute atomic E-state index is 11.1. The molecule has 0 aliphatic carbocycles. The standard InChI is InChI=1S/C9H15N3O2/c1-6-4-11-12(5-6)7(2)8(10)9(13)14-3/h4-5,7-8H,10H2,1-3H3. The quantitative estimate of drug-likeness (QED) is 0.705. The lowest BCUT2D eigenvalue weighted by molar-refractivity contribution is -0.143. The van der Waals surface area contributed by atoms with E-state index >= 15 is 0 Å². The Hall–Kier alpha value is -1.36. The minimum atomic E-state index is -0.681. The fourth-order valence-corrected chi connectivity index (χ4v) is 1.15. The Bertz CT molecular complexity index is 322. The molecule has 0 aliphatic rings. The molecule has 2 atom stereocenters. The minimum absolute atomic E-state index is 0.198. The lowest BCUT2D eigenvalue weighted by Gasteiger charge is -2.17. The molecule has 1 heterocycles. The van der Waals surface area contributed by atoms with Crippen LogP contribution in [0.3, 0.4) is 0 Å². The molecule has 14 heavy (non-hydrogen) atoms. The lowest BCUT2D eigenvalue weighted by atomic mass is 10.1. The summed E-state index contributed by atoms with van der Waals surface area (Å²) in [6, 6.07) is -0.879. The van der Waals surface area contributed by atoms with E-state index in [1.54, 1.807) is 10.9 Å². The van der Waals surface area contributed by atoms with Crippen molar-refractivity contribution in [3.05, 3.63) is 18.0 Å². The molecule has 0 aromatic carbocycles. The molecule has 0 radical (unpaired) electrons.